The van der Waals surface area contributed by atoms with Gasteiger partial charge in [-0.3, -0.25) is 4.79 Å². The van der Waals surface area contributed by atoms with Crippen molar-refractivity contribution in [1.82, 2.24) is 15.5 Å². The molecule has 0 spiro atoms. The highest BCUT2D eigenvalue weighted by atomic mass is 35.5. The molecule has 0 saturated carbocycles. The van der Waals surface area contributed by atoms with Gasteiger partial charge in [0.25, 0.3) is 0 Å². The summed E-state index contributed by atoms with van der Waals surface area (Å²) in [7, 11) is 0. The zero-order chi connectivity index (χ0) is 18.7. The van der Waals surface area contributed by atoms with Crippen LogP contribution in [0.15, 0.2) is 24.3 Å². The van der Waals surface area contributed by atoms with Crippen molar-refractivity contribution in [3.8, 4) is 6.07 Å². The van der Waals surface area contributed by atoms with Crippen LogP contribution in [0, 0.1) is 17.2 Å². The summed E-state index contributed by atoms with van der Waals surface area (Å²) in [6, 6.07) is 8.78. The number of nitriles is 1. The van der Waals surface area contributed by atoms with E-state index in [9.17, 15) is 9.59 Å². The highest BCUT2D eigenvalue weighted by Gasteiger charge is 2.14. The molecule has 0 aromatic heterocycles. The fourth-order valence-corrected chi connectivity index (χ4v) is 2.20. The molecule has 3 amide bonds. The van der Waals surface area contributed by atoms with Crippen molar-refractivity contribution in [3.05, 3.63) is 34.9 Å². The van der Waals surface area contributed by atoms with Crippen LogP contribution in [0.1, 0.15) is 32.3 Å². The molecule has 136 valence electrons. The third kappa shape index (κ3) is 8.96. The number of rotatable bonds is 9. The van der Waals surface area contributed by atoms with Crippen molar-refractivity contribution in [1.29, 1.82) is 5.26 Å². The maximum atomic E-state index is 12.2. The van der Waals surface area contributed by atoms with Crippen LogP contribution in [-0.4, -0.2) is 36.5 Å². The van der Waals surface area contributed by atoms with E-state index >= 15 is 0 Å². The second-order valence-electron chi connectivity index (χ2n) is 6.13. The van der Waals surface area contributed by atoms with Crippen LogP contribution in [0.5, 0.6) is 0 Å². The summed E-state index contributed by atoms with van der Waals surface area (Å²) in [6.07, 6.45) is 1.15. The predicted molar refractivity (Wildman–Crippen MR) is 98.0 cm³/mol. The first kappa shape index (κ1) is 20.8. The molecule has 0 saturated heterocycles. The smallest absolute Gasteiger partial charge is 0.315 e. The van der Waals surface area contributed by atoms with Crippen molar-refractivity contribution in [2.24, 2.45) is 5.92 Å². The molecule has 7 heteroatoms. The van der Waals surface area contributed by atoms with Crippen LogP contribution >= 0.6 is 11.6 Å². The zero-order valence-corrected chi connectivity index (χ0v) is 15.5. The molecule has 25 heavy (non-hydrogen) atoms. The number of carbonyl (C=O) groups excluding carboxylic acids is 2. The molecule has 0 aliphatic carbocycles. The largest absolute Gasteiger partial charge is 0.340 e. The molecule has 0 unspecified atom stereocenters. The number of benzene rings is 1. The Hall–Kier alpha value is -2.26. The van der Waals surface area contributed by atoms with Gasteiger partial charge in [-0.15, -0.1) is 0 Å². The van der Waals surface area contributed by atoms with Gasteiger partial charge in [-0.1, -0.05) is 37.6 Å². The third-order valence-electron chi connectivity index (χ3n) is 3.59. The number of carbonyl (C=O) groups is 2. The molecule has 0 fully saturated rings. The van der Waals surface area contributed by atoms with E-state index in [1.165, 1.54) is 0 Å². The lowest BCUT2D eigenvalue weighted by atomic mass is 10.1. The van der Waals surface area contributed by atoms with Gasteiger partial charge in [-0.2, -0.15) is 5.26 Å². The van der Waals surface area contributed by atoms with Crippen LogP contribution in [-0.2, 0) is 11.3 Å². The molecule has 1 rings (SSSR count). The van der Waals surface area contributed by atoms with Gasteiger partial charge in [0.2, 0.25) is 5.91 Å². The number of hydrogen-bond donors (Lipinski definition) is 2. The second kappa shape index (κ2) is 11.3. The topological polar surface area (TPSA) is 85.2 Å². The van der Waals surface area contributed by atoms with Crippen LogP contribution in [0.4, 0.5) is 4.79 Å². The van der Waals surface area contributed by atoms with Gasteiger partial charge >= 0.3 is 6.03 Å². The minimum Gasteiger partial charge on any atom is -0.340 e. The Kier molecular flexibility index (Phi) is 9.41. The Morgan fingerprint density at radius 1 is 1.20 bits per heavy atom. The average Bonchev–Trinajstić information content (AvgIpc) is 2.59. The van der Waals surface area contributed by atoms with E-state index in [0.717, 1.165) is 12.0 Å². The molecule has 1 aromatic rings. The maximum Gasteiger partial charge on any atom is 0.315 e. The Morgan fingerprint density at radius 2 is 1.88 bits per heavy atom. The SMILES string of the molecule is CC(C)CCN(CCC#N)C(=O)CNC(=O)NCc1ccc(Cl)cc1. The summed E-state index contributed by atoms with van der Waals surface area (Å²) in [5.41, 5.74) is 0.915. The van der Waals surface area contributed by atoms with Crippen LogP contribution in [0.2, 0.25) is 5.02 Å². The lowest BCUT2D eigenvalue weighted by molar-refractivity contribution is -0.130. The molecule has 2 N–H and O–H groups in total. The molecule has 0 radical (unpaired) electrons. The van der Waals surface area contributed by atoms with E-state index < -0.39 is 6.03 Å². The first-order chi connectivity index (χ1) is 11.9. The Balaban J connectivity index is 2.38. The molecular formula is C18H25ClN4O2. The van der Waals surface area contributed by atoms with Gasteiger partial charge in [-0.05, 0) is 30.0 Å². The maximum absolute atomic E-state index is 12.2. The average molecular weight is 365 g/mol. The minimum atomic E-state index is -0.410. The summed E-state index contributed by atoms with van der Waals surface area (Å²) >= 11 is 5.81. The number of amides is 3. The Morgan fingerprint density at radius 3 is 2.48 bits per heavy atom. The summed E-state index contributed by atoms with van der Waals surface area (Å²) < 4.78 is 0. The summed E-state index contributed by atoms with van der Waals surface area (Å²) in [5, 5.41) is 14.6. The van der Waals surface area contributed by atoms with Crippen molar-refractivity contribution >= 4 is 23.5 Å². The molecule has 0 atom stereocenters. The molecule has 0 aliphatic rings. The van der Waals surface area contributed by atoms with Crippen LogP contribution in [0.3, 0.4) is 0 Å². The number of halogens is 1. The molecule has 0 bridgehead atoms. The van der Waals surface area contributed by atoms with Gasteiger partial charge in [0.1, 0.15) is 0 Å². The van der Waals surface area contributed by atoms with E-state index in [1.54, 1.807) is 17.0 Å². The Labute approximate surface area is 154 Å². The van der Waals surface area contributed by atoms with E-state index in [2.05, 4.69) is 24.5 Å². The first-order valence-corrected chi connectivity index (χ1v) is 8.71. The first-order valence-electron chi connectivity index (χ1n) is 8.33. The summed E-state index contributed by atoms with van der Waals surface area (Å²) in [5.74, 6) is 0.283. The molecule has 0 aliphatic heterocycles. The number of nitrogens with zero attached hydrogens (tertiary/aromatic N) is 2. The van der Waals surface area contributed by atoms with E-state index in [-0.39, 0.29) is 18.9 Å². The van der Waals surface area contributed by atoms with Gasteiger partial charge in [-0.25, -0.2) is 4.79 Å². The van der Waals surface area contributed by atoms with Gasteiger partial charge < -0.3 is 15.5 Å². The van der Waals surface area contributed by atoms with Gasteiger partial charge in [0.15, 0.2) is 0 Å². The third-order valence-corrected chi connectivity index (χ3v) is 3.84. The van der Waals surface area contributed by atoms with E-state index in [4.69, 9.17) is 16.9 Å². The fourth-order valence-electron chi connectivity index (χ4n) is 2.07. The van der Waals surface area contributed by atoms with E-state index in [1.807, 2.05) is 18.2 Å². The molecule has 0 heterocycles. The second-order valence-corrected chi connectivity index (χ2v) is 6.57. The minimum absolute atomic E-state index is 0.0873. The molecular weight excluding hydrogens is 340 g/mol. The van der Waals surface area contributed by atoms with Crippen LogP contribution < -0.4 is 10.6 Å². The predicted octanol–water partition coefficient (Wildman–Crippen LogP) is 2.93. The number of hydrogen-bond acceptors (Lipinski definition) is 3. The normalized spacial score (nSPS) is 10.2. The van der Waals surface area contributed by atoms with Gasteiger partial charge in [0, 0.05) is 24.7 Å². The van der Waals surface area contributed by atoms with Crippen molar-refractivity contribution in [2.45, 2.75) is 33.2 Å². The van der Waals surface area contributed by atoms with Crippen molar-refractivity contribution in [2.75, 3.05) is 19.6 Å². The lowest BCUT2D eigenvalue weighted by Crippen LogP contribution is -2.44. The lowest BCUT2D eigenvalue weighted by Gasteiger charge is -2.22. The summed E-state index contributed by atoms with van der Waals surface area (Å²) in [6.45, 7) is 5.39. The van der Waals surface area contributed by atoms with Gasteiger partial charge in [0.05, 0.1) is 19.0 Å². The highest BCUT2D eigenvalue weighted by Crippen LogP contribution is 2.09. The zero-order valence-electron chi connectivity index (χ0n) is 14.7. The van der Waals surface area contributed by atoms with Crippen molar-refractivity contribution < 1.29 is 9.59 Å². The molecule has 6 nitrogen and oxygen atoms in total. The fraction of sp³-hybridized carbons (Fsp3) is 0.500. The van der Waals surface area contributed by atoms with E-state index in [0.29, 0.717) is 30.6 Å². The standard InChI is InChI=1S/C18H25ClN4O2/c1-14(2)8-11-23(10-3-9-20)17(24)13-22-18(25)21-12-15-4-6-16(19)7-5-15/h4-7,14H,3,8,10-13H2,1-2H3,(H2,21,22,25). The number of urea groups is 1. The highest BCUT2D eigenvalue weighted by molar-refractivity contribution is 6.30. The molecule has 1 aromatic carbocycles. The summed E-state index contributed by atoms with van der Waals surface area (Å²) in [4.78, 5) is 25.7. The van der Waals surface area contributed by atoms with Crippen LogP contribution in [0.25, 0.3) is 0 Å². The van der Waals surface area contributed by atoms with Crippen molar-refractivity contribution in [3.63, 3.8) is 0 Å². The monoisotopic (exact) mass is 364 g/mol. The quantitative estimate of drug-likeness (QED) is 0.706. The Bertz CT molecular complexity index is 596. The number of nitrogens with one attached hydrogen (secondary N) is 2.